The Kier molecular flexibility index (Phi) is 20.8. The highest BCUT2D eigenvalue weighted by atomic mass is 32.1. The summed E-state index contributed by atoms with van der Waals surface area (Å²) in [6.07, 6.45) is -60.2. The predicted octanol–water partition coefficient (Wildman–Crippen LogP) is -14.2. The Labute approximate surface area is 422 Å². The quantitative estimate of drug-likeness (QED) is 0.0549. The van der Waals surface area contributed by atoms with Gasteiger partial charge in [0.1, 0.15) is 147 Å². The Balaban J connectivity index is 1.22. The minimum absolute atomic E-state index is 0.306. The molecular formula is C39H65N3O31S. The lowest BCUT2D eigenvalue weighted by Gasteiger charge is -2.51. The SMILES string of the molecule is NC(=S)NNCC(=O)O[C@@H]1[C@@H](O)[C@H]2O[C@H]3[C@H](O)[C@@H](O)[C@@H](O[C@H]4[C@H](O)[C@@H](O)[C@@H](O[C@H]5[C@H](O)[C@@H](O)[C@@H](O[C@H]6[C@H](O)[C@@H](O)[C@@H](O[C@H]7[C@H](O)[C@@H](O)[C@@H](O[C@H]1[C@@H](CO)O2)O[C@@H]7CO)O[C@@H]6CO)O[C@@H]5CO)O[C@@H]4CO)O[C@@H]3CO. The Morgan fingerprint density at radius 1 is 0.378 bits per heavy atom. The summed E-state index contributed by atoms with van der Waals surface area (Å²) in [5, 5.41) is 187. The van der Waals surface area contributed by atoms with E-state index in [1.165, 1.54) is 0 Å². The summed E-state index contributed by atoms with van der Waals surface area (Å²) in [4.78, 5) is 13.2. The summed E-state index contributed by atoms with van der Waals surface area (Å²) in [6, 6.07) is 0. The summed E-state index contributed by atoms with van der Waals surface area (Å²) in [6.45, 7) is -7.01. The number of carbonyl (C=O) groups is 1. The van der Waals surface area contributed by atoms with Crippen LogP contribution in [0.4, 0.5) is 0 Å². The molecule has 22 aliphatic heterocycles. The van der Waals surface area contributed by atoms with E-state index in [2.05, 4.69) is 10.9 Å². The second kappa shape index (κ2) is 25.8. The zero-order valence-electron chi connectivity index (χ0n) is 38.6. The topological polar surface area (TPSA) is 531 Å². The average molecular weight is 1100 g/mol. The summed E-state index contributed by atoms with van der Waals surface area (Å²) in [7, 11) is 0. The molecule has 34 nitrogen and oxygen atoms in total. The zero-order valence-corrected chi connectivity index (χ0v) is 39.4. The van der Waals surface area contributed by atoms with Crippen molar-refractivity contribution in [2.45, 2.75) is 184 Å². The number of aliphatic hydroxyl groups is 17. The number of rotatable bonds is 10. The van der Waals surface area contributed by atoms with Crippen LogP contribution in [-0.4, -0.2) is 328 Å². The first kappa shape index (κ1) is 59.6. The maximum Gasteiger partial charge on any atom is 0.322 e. The molecule has 12 bridgehead atoms. The van der Waals surface area contributed by atoms with Crippen LogP contribution in [0.15, 0.2) is 0 Å². The smallest absolute Gasteiger partial charge is 0.322 e. The Morgan fingerprint density at radius 2 is 0.608 bits per heavy atom. The van der Waals surface area contributed by atoms with Gasteiger partial charge in [0.2, 0.25) is 0 Å². The number of aliphatic hydroxyl groups excluding tert-OH is 17. The first-order valence-corrected chi connectivity index (χ1v) is 23.6. The van der Waals surface area contributed by atoms with Crippen LogP contribution >= 0.6 is 12.2 Å². The molecule has 22 heterocycles. The Bertz CT molecular complexity index is 1800. The number of hydrogen-bond acceptors (Lipinski definition) is 33. The molecule has 22 aliphatic rings. The van der Waals surface area contributed by atoms with Gasteiger partial charge in [-0.2, -0.15) is 0 Å². The van der Waals surface area contributed by atoms with E-state index in [-0.39, 0.29) is 5.11 Å². The van der Waals surface area contributed by atoms with E-state index in [1.807, 2.05) is 0 Å². The number of ether oxygens (including phenoxy) is 13. The van der Waals surface area contributed by atoms with Crippen LogP contribution in [0.25, 0.3) is 0 Å². The molecule has 0 unspecified atom stereocenters. The van der Waals surface area contributed by atoms with Gasteiger partial charge in [0.05, 0.1) is 39.6 Å². The molecule has 22 saturated heterocycles. The van der Waals surface area contributed by atoms with Crippen LogP contribution in [0.1, 0.15) is 0 Å². The third-order valence-electron chi connectivity index (χ3n) is 13.4. The fraction of sp³-hybridized carbons (Fsp3) is 0.949. The van der Waals surface area contributed by atoms with Gasteiger partial charge < -0.3 is 154 Å². The van der Waals surface area contributed by atoms with Crippen molar-refractivity contribution in [2.75, 3.05) is 46.2 Å². The number of thiocarbonyl (C=S) groups is 1. The zero-order chi connectivity index (χ0) is 54.0. The molecule has 22 rings (SSSR count). The minimum Gasteiger partial charge on any atom is -0.455 e. The van der Waals surface area contributed by atoms with Gasteiger partial charge in [0.15, 0.2) is 49.0 Å². The van der Waals surface area contributed by atoms with Gasteiger partial charge in [-0.15, -0.1) is 0 Å². The van der Waals surface area contributed by atoms with E-state index in [0.29, 0.717) is 0 Å². The molecule has 30 atom stereocenters. The first-order valence-electron chi connectivity index (χ1n) is 23.2. The monoisotopic (exact) mass is 1100 g/mol. The van der Waals surface area contributed by atoms with Gasteiger partial charge in [0.25, 0.3) is 0 Å². The largest absolute Gasteiger partial charge is 0.455 e. The van der Waals surface area contributed by atoms with E-state index in [1.54, 1.807) is 0 Å². The number of nitrogens with one attached hydrogen (secondary N) is 2. The number of hydrazine groups is 1. The van der Waals surface area contributed by atoms with Gasteiger partial charge >= 0.3 is 5.97 Å². The summed E-state index contributed by atoms with van der Waals surface area (Å²) < 4.78 is 74.4. The summed E-state index contributed by atoms with van der Waals surface area (Å²) >= 11 is 4.70. The Morgan fingerprint density at radius 3 is 0.851 bits per heavy atom. The van der Waals surface area contributed by atoms with E-state index in [4.69, 9.17) is 79.5 Å². The van der Waals surface area contributed by atoms with Crippen molar-refractivity contribution >= 4 is 23.3 Å². The normalized spacial score (nSPS) is 50.4. The number of hydrogen-bond donors (Lipinski definition) is 20. The lowest BCUT2D eigenvalue weighted by Crippen LogP contribution is -2.69. The maximum absolute atomic E-state index is 13.2. The molecule has 0 aliphatic carbocycles. The van der Waals surface area contributed by atoms with Crippen molar-refractivity contribution in [3.05, 3.63) is 0 Å². The molecule has 0 aromatic rings. The molecule has 0 radical (unpaired) electrons. The van der Waals surface area contributed by atoms with E-state index in [9.17, 15) is 91.6 Å². The van der Waals surface area contributed by atoms with Crippen molar-refractivity contribution in [3.8, 4) is 0 Å². The highest BCUT2D eigenvalue weighted by Crippen LogP contribution is 2.38. The third-order valence-corrected chi connectivity index (χ3v) is 13.5. The molecule has 21 N–H and O–H groups in total. The standard InChI is InChI=1S/C39H65N3O31S/c40-39(74)42-41-1-14(49)67-32-25(60)38-66-13(7-48)31(32)73-37-24(59)19(54)29(11(5-46)65-37)71-35-22(57)17(52)27(9(3-44)63-35)69-33-20(55)15(50)26(8(2-43)61-33)68-34-21(56)16(51)28(10(4-45)62-34)70-36-23(58)18(53)30(72-38)12(6-47)64-36/h8-13,15-38,41,43-48,50-60H,1-7H2,(H3,40,42,74)/t8-,9-,10-,11-,12-,13-,15-,16-,17-,18-,19-,20-,21-,22-,23-,24-,25-,26-,27-,28-,29-,30-,31+,32-,33-,34-,35-,36-,37-,38-/m1/s1. The second-order valence-electron chi connectivity index (χ2n) is 18.2. The van der Waals surface area contributed by atoms with Gasteiger partial charge in [0, 0.05) is 0 Å². The van der Waals surface area contributed by atoms with Gasteiger partial charge in [-0.05, 0) is 12.2 Å². The molecule has 428 valence electrons. The average Bonchev–Trinajstić information content (AvgIpc) is 3.38. The molecule has 35 heteroatoms. The van der Waals surface area contributed by atoms with Crippen LogP contribution in [0.5, 0.6) is 0 Å². The highest BCUT2D eigenvalue weighted by Gasteiger charge is 2.59. The molecular weight excluding hydrogens is 1040 g/mol. The molecule has 0 amide bonds. The van der Waals surface area contributed by atoms with E-state index >= 15 is 0 Å². The fourth-order valence-corrected chi connectivity index (χ4v) is 9.52. The number of carbonyl (C=O) groups excluding carboxylic acids is 1. The second-order valence-corrected chi connectivity index (χ2v) is 18.6. The molecule has 0 spiro atoms. The van der Waals surface area contributed by atoms with Crippen molar-refractivity contribution in [2.24, 2.45) is 5.73 Å². The number of esters is 1. The van der Waals surface area contributed by atoms with Crippen LogP contribution in [-0.2, 0) is 66.4 Å². The minimum atomic E-state index is -2.25. The van der Waals surface area contributed by atoms with Gasteiger partial charge in [-0.25, -0.2) is 5.43 Å². The van der Waals surface area contributed by atoms with Gasteiger partial charge in [-0.1, -0.05) is 0 Å². The molecule has 74 heavy (non-hydrogen) atoms. The molecule has 22 fully saturated rings. The lowest BCUT2D eigenvalue weighted by molar-refractivity contribution is -0.404. The van der Waals surface area contributed by atoms with Crippen molar-refractivity contribution < 1.29 is 153 Å². The molecule has 0 aromatic heterocycles. The van der Waals surface area contributed by atoms with Crippen molar-refractivity contribution in [3.63, 3.8) is 0 Å². The Hall–Kier alpha value is -2.04. The fourth-order valence-electron chi connectivity index (χ4n) is 9.44. The van der Waals surface area contributed by atoms with Crippen LogP contribution in [0.2, 0.25) is 0 Å². The lowest BCUT2D eigenvalue weighted by atomic mass is 9.94. The maximum atomic E-state index is 13.2. The van der Waals surface area contributed by atoms with E-state index < -0.39 is 236 Å². The summed E-state index contributed by atoms with van der Waals surface area (Å²) in [5.74, 6) is -1.19. The number of nitrogens with two attached hydrogens (primary N) is 1. The first-order chi connectivity index (χ1) is 35.2. The van der Waals surface area contributed by atoms with Crippen molar-refractivity contribution in [1.29, 1.82) is 0 Å². The van der Waals surface area contributed by atoms with Crippen LogP contribution < -0.4 is 16.6 Å². The molecule has 0 saturated carbocycles. The summed E-state index contributed by atoms with van der Waals surface area (Å²) in [5.41, 5.74) is 9.98. The van der Waals surface area contributed by atoms with Crippen LogP contribution in [0, 0.1) is 0 Å². The predicted molar refractivity (Wildman–Crippen MR) is 228 cm³/mol. The highest BCUT2D eigenvalue weighted by molar-refractivity contribution is 7.80. The van der Waals surface area contributed by atoms with Crippen molar-refractivity contribution in [1.82, 2.24) is 10.9 Å². The van der Waals surface area contributed by atoms with E-state index in [0.717, 1.165) is 0 Å². The molecule has 0 aromatic carbocycles. The third kappa shape index (κ3) is 12.4. The van der Waals surface area contributed by atoms with Crippen LogP contribution in [0.3, 0.4) is 0 Å². The van der Waals surface area contributed by atoms with Gasteiger partial charge in [-0.3, -0.25) is 10.2 Å².